The van der Waals surface area contributed by atoms with E-state index >= 15 is 0 Å². The summed E-state index contributed by atoms with van der Waals surface area (Å²) in [5, 5.41) is 3.28. The van der Waals surface area contributed by atoms with E-state index < -0.39 is 0 Å². The monoisotopic (exact) mass is 325 g/mol. The molecule has 1 aromatic heterocycles. The van der Waals surface area contributed by atoms with Gasteiger partial charge in [-0.3, -0.25) is 0 Å². The summed E-state index contributed by atoms with van der Waals surface area (Å²) in [6.45, 7) is 2.10. The second-order valence-corrected chi connectivity index (χ2v) is 6.05. The van der Waals surface area contributed by atoms with Gasteiger partial charge in [0.25, 0.3) is 0 Å². The molecule has 0 saturated carbocycles. The highest BCUT2D eigenvalue weighted by atomic mass is 79.9. The zero-order valence-corrected chi connectivity index (χ0v) is 12.8. The topological polar surface area (TPSA) is 25.2 Å². The Morgan fingerprint density at radius 1 is 1.28 bits per heavy atom. The lowest BCUT2D eigenvalue weighted by molar-refractivity contribution is 0.450. The van der Waals surface area contributed by atoms with E-state index in [-0.39, 0.29) is 6.04 Å². The summed E-state index contributed by atoms with van der Waals surface area (Å²) < 4.78 is 6.52. The predicted octanol–water partition coefficient (Wildman–Crippen LogP) is 4.40. The Hall–Kier alpha value is -0.710. The van der Waals surface area contributed by atoms with Gasteiger partial charge >= 0.3 is 0 Å². The van der Waals surface area contributed by atoms with Crippen LogP contribution in [0.5, 0.6) is 0 Å². The summed E-state index contributed by atoms with van der Waals surface area (Å²) in [5.74, 6) is 1.89. The lowest BCUT2D eigenvalue weighted by Crippen LogP contribution is -2.18. The molecule has 0 bridgehead atoms. The standard InChI is InChI=1S/C14H16BrNOS/c1-10-3-5-11(6-4-10)18-9-13(16-2)14-12(15)7-8-17-14/h3-8,13,16H,9H2,1-2H3. The van der Waals surface area contributed by atoms with E-state index in [1.54, 1.807) is 6.26 Å². The highest BCUT2D eigenvalue weighted by molar-refractivity contribution is 9.10. The highest BCUT2D eigenvalue weighted by Gasteiger charge is 2.16. The molecule has 0 aliphatic carbocycles. The molecule has 2 rings (SSSR count). The van der Waals surface area contributed by atoms with Gasteiger partial charge in [0.1, 0.15) is 5.76 Å². The summed E-state index contributed by atoms with van der Waals surface area (Å²) in [5.41, 5.74) is 1.29. The van der Waals surface area contributed by atoms with Crippen molar-refractivity contribution in [2.24, 2.45) is 0 Å². The van der Waals surface area contributed by atoms with Crippen LogP contribution >= 0.6 is 27.7 Å². The molecule has 1 aromatic carbocycles. The van der Waals surface area contributed by atoms with E-state index in [0.717, 1.165) is 16.0 Å². The van der Waals surface area contributed by atoms with Crippen molar-refractivity contribution in [2.45, 2.75) is 17.9 Å². The van der Waals surface area contributed by atoms with Crippen molar-refractivity contribution in [3.8, 4) is 0 Å². The third kappa shape index (κ3) is 3.40. The molecule has 0 saturated heterocycles. The van der Waals surface area contributed by atoms with Gasteiger partial charge in [-0.25, -0.2) is 0 Å². The summed E-state index contributed by atoms with van der Waals surface area (Å²) >= 11 is 5.33. The second-order valence-electron chi connectivity index (χ2n) is 4.10. The van der Waals surface area contributed by atoms with Gasteiger partial charge in [-0.05, 0) is 48.1 Å². The molecule has 0 aliphatic heterocycles. The molecule has 0 fully saturated rings. The fourth-order valence-corrected chi connectivity index (χ4v) is 3.14. The van der Waals surface area contributed by atoms with Gasteiger partial charge in [0.05, 0.1) is 16.8 Å². The van der Waals surface area contributed by atoms with Gasteiger partial charge < -0.3 is 9.73 Å². The molecule has 2 nitrogen and oxygen atoms in total. The van der Waals surface area contributed by atoms with Gasteiger partial charge in [0.2, 0.25) is 0 Å². The van der Waals surface area contributed by atoms with Crippen molar-refractivity contribution < 1.29 is 4.42 Å². The zero-order chi connectivity index (χ0) is 13.0. The van der Waals surface area contributed by atoms with Crippen LogP contribution in [0.3, 0.4) is 0 Å². The minimum atomic E-state index is 0.209. The van der Waals surface area contributed by atoms with Crippen LogP contribution in [0.2, 0.25) is 0 Å². The number of hydrogen-bond donors (Lipinski definition) is 1. The van der Waals surface area contributed by atoms with Crippen LogP contribution in [0.4, 0.5) is 0 Å². The molecule has 4 heteroatoms. The van der Waals surface area contributed by atoms with E-state index in [9.17, 15) is 0 Å². The quantitative estimate of drug-likeness (QED) is 0.824. The smallest absolute Gasteiger partial charge is 0.135 e. The van der Waals surface area contributed by atoms with E-state index in [4.69, 9.17) is 4.42 Å². The Labute approximate surface area is 120 Å². The fourth-order valence-electron chi connectivity index (χ4n) is 1.66. The predicted molar refractivity (Wildman–Crippen MR) is 80.1 cm³/mol. The van der Waals surface area contributed by atoms with Crippen LogP contribution < -0.4 is 5.32 Å². The van der Waals surface area contributed by atoms with E-state index in [1.165, 1.54) is 10.5 Å². The Kier molecular flexibility index (Phi) is 4.92. The van der Waals surface area contributed by atoms with Crippen LogP contribution in [0, 0.1) is 6.92 Å². The first-order valence-corrected chi connectivity index (χ1v) is 7.58. The average Bonchev–Trinajstić information content (AvgIpc) is 2.79. The molecule has 0 radical (unpaired) electrons. The van der Waals surface area contributed by atoms with Crippen molar-refractivity contribution >= 4 is 27.7 Å². The summed E-state index contributed by atoms with van der Waals surface area (Å²) in [7, 11) is 1.95. The number of hydrogen-bond acceptors (Lipinski definition) is 3. The Balaban J connectivity index is 2.00. The molecule has 2 aromatic rings. The maximum absolute atomic E-state index is 5.50. The first-order chi connectivity index (χ1) is 8.70. The molecule has 1 N–H and O–H groups in total. The molecule has 1 heterocycles. The summed E-state index contributed by atoms with van der Waals surface area (Å²) in [6, 6.07) is 10.7. The van der Waals surface area contributed by atoms with Gasteiger partial charge in [-0.15, -0.1) is 11.8 Å². The lowest BCUT2D eigenvalue weighted by atomic mass is 10.2. The Morgan fingerprint density at radius 2 is 2.00 bits per heavy atom. The Bertz CT molecular complexity index is 495. The number of thioether (sulfide) groups is 1. The first-order valence-electron chi connectivity index (χ1n) is 5.80. The number of aryl methyl sites for hydroxylation is 1. The molecule has 0 spiro atoms. The largest absolute Gasteiger partial charge is 0.466 e. The minimum absolute atomic E-state index is 0.209. The van der Waals surface area contributed by atoms with Crippen LogP contribution in [0.15, 0.2) is 50.4 Å². The number of halogens is 1. The van der Waals surface area contributed by atoms with Crippen LogP contribution in [-0.4, -0.2) is 12.8 Å². The third-order valence-corrected chi connectivity index (χ3v) is 4.51. The van der Waals surface area contributed by atoms with Gasteiger partial charge in [0.15, 0.2) is 0 Å². The maximum Gasteiger partial charge on any atom is 0.135 e. The van der Waals surface area contributed by atoms with Crippen molar-refractivity contribution in [1.29, 1.82) is 0 Å². The van der Waals surface area contributed by atoms with Crippen LogP contribution in [-0.2, 0) is 0 Å². The first kappa shape index (κ1) is 13.7. The molecular formula is C14H16BrNOS. The minimum Gasteiger partial charge on any atom is -0.466 e. The number of nitrogens with one attached hydrogen (secondary N) is 1. The number of benzene rings is 1. The van der Waals surface area contributed by atoms with Crippen LogP contribution in [0.25, 0.3) is 0 Å². The summed E-state index contributed by atoms with van der Waals surface area (Å²) in [6.07, 6.45) is 1.71. The van der Waals surface area contributed by atoms with E-state index in [1.807, 2.05) is 24.9 Å². The van der Waals surface area contributed by atoms with Gasteiger partial charge in [0, 0.05) is 10.6 Å². The van der Waals surface area contributed by atoms with Crippen molar-refractivity contribution in [1.82, 2.24) is 5.32 Å². The lowest BCUT2D eigenvalue weighted by Gasteiger charge is -2.14. The van der Waals surface area contributed by atoms with E-state index in [2.05, 4.69) is 52.4 Å². The normalized spacial score (nSPS) is 12.6. The van der Waals surface area contributed by atoms with Gasteiger partial charge in [-0.1, -0.05) is 17.7 Å². The maximum atomic E-state index is 5.50. The molecular weight excluding hydrogens is 310 g/mol. The second kappa shape index (κ2) is 6.45. The van der Waals surface area contributed by atoms with Crippen molar-refractivity contribution in [3.05, 3.63) is 52.4 Å². The molecule has 96 valence electrons. The van der Waals surface area contributed by atoms with Crippen LogP contribution in [0.1, 0.15) is 17.4 Å². The van der Waals surface area contributed by atoms with E-state index in [0.29, 0.717) is 0 Å². The fraction of sp³-hybridized carbons (Fsp3) is 0.286. The molecule has 0 amide bonds. The molecule has 1 atom stereocenters. The Morgan fingerprint density at radius 3 is 2.56 bits per heavy atom. The highest BCUT2D eigenvalue weighted by Crippen LogP contribution is 2.29. The third-order valence-electron chi connectivity index (χ3n) is 2.75. The zero-order valence-electron chi connectivity index (χ0n) is 10.4. The molecule has 18 heavy (non-hydrogen) atoms. The summed E-state index contributed by atoms with van der Waals surface area (Å²) in [4.78, 5) is 1.28. The molecule has 0 aliphatic rings. The number of furan rings is 1. The van der Waals surface area contributed by atoms with Gasteiger partial charge in [-0.2, -0.15) is 0 Å². The average molecular weight is 326 g/mol. The molecule has 1 unspecified atom stereocenters. The number of rotatable bonds is 5. The van der Waals surface area contributed by atoms with Crippen molar-refractivity contribution in [3.63, 3.8) is 0 Å². The SMILES string of the molecule is CNC(CSc1ccc(C)cc1)c1occc1Br. The van der Waals surface area contributed by atoms with Crippen molar-refractivity contribution in [2.75, 3.05) is 12.8 Å².